The van der Waals surface area contributed by atoms with Gasteiger partial charge in [-0.15, -0.1) is 11.3 Å². The number of amides is 1. The maximum Gasteiger partial charge on any atom is 0.229 e. The van der Waals surface area contributed by atoms with Crippen LogP contribution in [0.5, 0.6) is 0 Å². The molecule has 2 fully saturated rings. The molecule has 6 N–H and O–H groups in total. The number of nitrogens with one attached hydrogen (secondary N) is 2. The largest absolute Gasteiger partial charge is 0.369 e. The molecule has 1 amide bonds. The summed E-state index contributed by atoms with van der Waals surface area (Å²) in [5.74, 6) is 0.774. The summed E-state index contributed by atoms with van der Waals surface area (Å²) in [6.45, 7) is 10.1. The smallest absolute Gasteiger partial charge is 0.229 e. The number of hydrogen-bond donors (Lipinski definition) is 3. The Balaban J connectivity index is 0.00000417. The number of hydrogen-bond acceptors (Lipinski definition) is 7. The summed E-state index contributed by atoms with van der Waals surface area (Å²) in [5, 5.41) is 4.07. The van der Waals surface area contributed by atoms with Crippen molar-refractivity contribution in [1.29, 1.82) is 0 Å². The number of rotatable bonds is 9. The lowest BCUT2D eigenvalue weighted by atomic mass is 9.71. The molecule has 0 radical (unpaired) electrons. The van der Waals surface area contributed by atoms with Gasteiger partial charge in [0.2, 0.25) is 15.9 Å². The Morgan fingerprint density at radius 2 is 2.02 bits per heavy atom. The van der Waals surface area contributed by atoms with E-state index < -0.39 is 10.0 Å². The van der Waals surface area contributed by atoms with Crippen molar-refractivity contribution in [2.75, 3.05) is 37.2 Å². The number of quaternary nitrogens is 1. The average Bonchev–Trinajstić information content (AvgIpc) is 3.54. The Morgan fingerprint density at radius 3 is 2.74 bits per heavy atom. The Bertz CT molecular complexity index is 1710. The maximum absolute atomic E-state index is 13.9. The predicted octanol–water partition coefficient (Wildman–Crippen LogP) is 6.54. The third-order valence-corrected chi connectivity index (χ3v) is 12.0. The second kappa shape index (κ2) is 13.3. The fraction of sp³-hybridized carbons (Fsp3) is 0.571. The maximum atomic E-state index is 13.9. The van der Waals surface area contributed by atoms with Crippen LogP contribution < -0.4 is 16.2 Å². The van der Waals surface area contributed by atoms with Gasteiger partial charge in [-0.2, -0.15) is 0 Å². The SMILES string of the molecule is CC(C)(C)[C@H]1CCc2nc3sc(C(=O)C[C@H](CCN4CCCC5(CCNC5=O)C4)c4cccc(NS(C)(=O)=O)c4)cc3cc2C1.[NH4+]. The molecular formula is C35H50N5O4S2+. The number of anilines is 1. The van der Waals surface area contributed by atoms with Crippen molar-refractivity contribution < 1.29 is 18.0 Å². The number of carbonyl (C=O) groups is 2. The van der Waals surface area contributed by atoms with Crippen LogP contribution in [0.2, 0.25) is 0 Å². The normalized spacial score (nSPS) is 22.7. The average molecular weight is 669 g/mol. The lowest BCUT2D eigenvalue weighted by Gasteiger charge is -2.39. The molecule has 3 aliphatic rings. The van der Waals surface area contributed by atoms with Crippen molar-refractivity contribution in [1.82, 2.24) is 21.4 Å². The Hall–Kier alpha value is -2.86. The van der Waals surface area contributed by atoms with E-state index in [0.717, 1.165) is 98.0 Å². The summed E-state index contributed by atoms with van der Waals surface area (Å²) in [4.78, 5) is 35.7. The highest BCUT2D eigenvalue weighted by Crippen LogP contribution is 2.40. The van der Waals surface area contributed by atoms with Gasteiger partial charge in [0.1, 0.15) is 4.83 Å². The van der Waals surface area contributed by atoms with Crippen LogP contribution in [0.15, 0.2) is 36.4 Å². The molecule has 2 aromatic heterocycles. The standard InChI is InChI=1S/C35H46N4O4S2.H3N/c1-34(2,3)27-9-10-29-25(18-27)17-26-21-31(44-32(26)37-29)30(40)20-24(23-7-5-8-28(19-23)38-45(4,42)43)11-16-39-15-6-12-35(22-39)13-14-36-33(35)41;/h5,7-8,17,19,21,24,27,38H,6,9-16,18,20,22H2,1-4H3,(H,36,41);1H3/p+1/t24-,27-,35?;/m0./s1. The van der Waals surface area contributed by atoms with E-state index in [1.54, 1.807) is 6.07 Å². The first-order valence-electron chi connectivity index (χ1n) is 16.3. The zero-order valence-corrected chi connectivity index (χ0v) is 29.6. The number of piperidine rings is 1. The molecule has 1 aromatic carbocycles. The molecule has 6 rings (SSSR count). The van der Waals surface area contributed by atoms with Crippen LogP contribution >= 0.6 is 11.3 Å². The molecule has 3 aromatic rings. The van der Waals surface area contributed by atoms with E-state index in [1.165, 1.54) is 22.6 Å². The van der Waals surface area contributed by atoms with Crippen molar-refractivity contribution in [2.45, 2.75) is 78.1 Å². The Labute approximate surface area is 277 Å². The topological polar surface area (TPSA) is 145 Å². The summed E-state index contributed by atoms with van der Waals surface area (Å²) < 4.78 is 26.5. The number of carbonyl (C=O) groups excluding carboxylic acids is 2. The lowest BCUT2D eigenvalue weighted by Crippen LogP contribution is -2.47. The highest BCUT2D eigenvalue weighted by atomic mass is 32.2. The Kier molecular flexibility index (Phi) is 9.99. The molecule has 1 aliphatic carbocycles. The minimum atomic E-state index is -3.44. The zero-order valence-electron chi connectivity index (χ0n) is 27.9. The first-order valence-corrected chi connectivity index (χ1v) is 19.0. The van der Waals surface area contributed by atoms with E-state index >= 15 is 0 Å². The van der Waals surface area contributed by atoms with Gasteiger partial charge in [0.15, 0.2) is 5.78 Å². The number of aryl methyl sites for hydroxylation is 1. The molecule has 2 saturated heterocycles. The summed E-state index contributed by atoms with van der Waals surface area (Å²) in [6, 6.07) is 11.7. The summed E-state index contributed by atoms with van der Waals surface area (Å²) >= 11 is 1.48. The molecule has 9 nitrogen and oxygen atoms in total. The van der Waals surface area contributed by atoms with Gasteiger partial charge >= 0.3 is 0 Å². The van der Waals surface area contributed by atoms with Crippen LogP contribution in [-0.4, -0.2) is 62.4 Å². The summed E-state index contributed by atoms with van der Waals surface area (Å²) in [5.41, 5.74) is 3.88. The number of likely N-dealkylation sites (tertiary alicyclic amines) is 1. The fourth-order valence-electron chi connectivity index (χ4n) is 7.64. The number of sulfonamides is 1. The van der Waals surface area contributed by atoms with Gasteiger partial charge in [-0.1, -0.05) is 32.9 Å². The monoisotopic (exact) mass is 668 g/mol. The van der Waals surface area contributed by atoms with Gasteiger partial charge in [0, 0.05) is 36.3 Å². The van der Waals surface area contributed by atoms with E-state index in [4.69, 9.17) is 4.98 Å². The highest BCUT2D eigenvalue weighted by Gasteiger charge is 2.45. The van der Waals surface area contributed by atoms with Gasteiger partial charge in [-0.25, -0.2) is 13.4 Å². The zero-order chi connectivity index (χ0) is 32.0. The van der Waals surface area contributed by atoms with Crippen molar-refractivity contribution in [3.63, 3.8) is 0 Å². The summed E-state index contributed by atoms with van der Waals surface area (Å²) in [6.07, 6.45) is 8.14. The van der Waals surface area contributed by atoms with Gasteiger partial charge < -0.3 is 16.4 Å². The van der Waals surface area contributed by atoms with Gasteiger partial charge in [0.25, 0.3) is 0 Å². The van der Waals surface area contributed by atoms with Crippen molar-refractivity contribution in [3.8, 4) is 0 Å². The van der Waals surface area contributed by atoms with Crippen molar-refractivity contribution in [3.05, 3.63) is 58.1 Å². The molecule has 46 heavy (non-hydrogen) atoms. The number of thiophene rings is 1. The van der Waals surface area contributed by atoms with Crippen LogP contribution in [0.25, 0.3) is 10.2 Å². The third-order valence-electron chi connectivity index (χ3n) is 10.3. The molecule has 250 valence electrons. The van der Waals surface area contributed by atoms with Crippen LogP contribution in [0.1, 0.15) is 91.7 Å². The number of Topliss-reactive ketones (excluding diaryl/α,β-unsaturated/α-hetero) is 1. The number of aromatic nitrogens is 1. The van der Waals surface area contributed by atoms with Crippen LogP contribution in [-0.2, 0) is 27.7 Å². The second-order valence-corrected chi connectivity index (χ2v) is 17.5. The Morgan fingerprint density at radius 1 is 1.22 bits per heavy atom. The molecule has 3 atom stereocenters. The van der Waals surface area contributed by atoms with Gasteiger partial charge in [-0.3, -0.25) is 14.3 Å². The van der Waals surface area contributed by atoms with Gasteiger partial charge in [-0.05, 0) is 111 Å². The highest BCUT2D eigenvalue weighted by molar-refractivity contribution is 7.92. The third kappa shape index (κ3) is 7.64. The van der Waals surface area contributed by atoms with Crippen LogP contribution in [0.3, 0.4) is 0 Å². The molecule has 4 heterocycles. The molecule has 1 spiro atoms. The first-order chi connectivity index (χ1) is 21.3. The molecule has 11 heteroatoms. The second-order valence-electron chi connectivity index (χ2n) is 14.7. The molecular weight excluding hydrogens is 619 g/mol. The van der Waals surface area contributed by atoms with E-state index in [-0.39, 0.29) is 34.6 Å². The van der Waals surface area contributed by atoms with Crippen molar-refractivity contribution >= 4 is 49.0 Å². The van der Waals surface area contributed by atoms with Crippen LogP contribution in [0, 0.1) is 16.7 Å². The predicted molar refractivity (Wildman–Crippen MR) is 188 cm³/mol. The van der Waals surface area contributed by atoms with E-state index in [0.29, 0.717) is 18.0 Å². The van der Waals surface area contributed by atoms with E-state index in [1.807, 2.05) is 24.3 Å². The van der Waals surface area contributed by atoms with E-state index in [9.17, 15) is 18.0 Å². The number of benzene rings is 1. The van der Waals surface area contributed by atoms with E-state index in [2.05, 4.69) is 41.8 Å². The molecule has 0 saturated carbocycles. The quantitative estimate of drug-likeness (QED) is 0.221. The fourth-order valence-corrected chi connectivity index (χ4v) is 9.18. The first kappa shape index (κ1) is 34.5. The van der Waals surface area contributed by atoms with Gasteiger partial charge in [0.05, 0.1) is 16.5 Å². The molecule has 0 bridgehead atoms. The molecule has 1 unspecified atom stereocenters. The minimum Gasteiger partial charge on any atom is -0.369 e. The number of pyridine rings is 1. The number of fused-ring (bicyclic) bond motifs is 2. The van der Waals surface area contributed by atoms with Crippen LogP contribution in [0.4, 0.5) is 5.69 Å². The number of ketones is 1. The van der Waals surface area contributed by atoms with Crippen molar-refractivity contribution in [2.24, 2.45) is 16.7 Å². The summed E-state index contributed by atoms with van der Waals surface area (Å²) in [7, 11) is -3.44. The lowest BCUT2D eigenvalue weighted by molar-refractivity contribution is -0.130. The number of nitrogens with zero attached hydrogens (tertiary/aromatic N) is 2. The molecule has 2 aliphatic heterocycles. The minimum absolute atomic E-state index is 0.